The largest absolute Gasteiger partial charge is 0.476 e. The van der Waals surface area contributed by atoms with Crippen LogP contribution in [-0.4, -0.2) is 73.6 Å². The summed E-state index contributed by atoms with van der Waals surface area (Å²) in [5.41, 5.74) is -1.46. The van der Waals surface area contributed by atoms with Gasteiger partial charge in [0.1, 0.15) is 17.9 Å². The fraction of sp³-hybridized carbons (Fsp3) is 0.400. The van der Waals surface area contributed by atoms with Crippen LogP contribution in [0.15, 0.2) is 30.3 Å². The Labute approximate surface area is 185 Å². The molecule has 0 bridgehead atoms. The van der Waals surface area contributed by atoms with Crippen molar-refractivity contribution in [2.45, 2.75) is 43.6 Å². The summed E-state index contributed by atoms with van der Waals surface area (Å²) in [6, 6.07) is 5.49. The number of nitrogens with zero attached hydrogens (tertiary/aromatic N) is 3. The van der Waals surface area contributed by atoms with Crippen LogP contribution in [-0.2, 0) is 10.9 Å². The number of halogens is 3. The second-order valence-electron chi connectivity index (χ2n) is 6.86. The summed E-state index contributed by atoms with van der Waals surface area (Å²) in [6.45, 7) is 1.25. The zero-order valence-electron chi connectivity index (χ0n) is 16.9. The van der Waals surface area contributed by atoms with Gasteiger partial charge in [0.05, 0.1) is 6.10 Å². The van der Waals surface area contributed by atoms with Gasteiger partial charge in [0.25, 0.3) is 0 Å². The highest BCUT2D eigenvalue weighted by Gasteiger charge is 2.44. The molecule has 2 aromatic rings. The molecular formula is C20H18F3N3O7. The smallest absolute Gasteiger partial charge is 0.433 e. The molecule has 0 saturated carbocycles. The minimum atomic E-state index is -4.70. The lowest BCUT2D eigenvalue weighted by molar-refractivity contribution is -0.195. The number of rotatable bonds is 5. The van der Waals surface area contributed by atoms with Crippen molar-refractivity contribution in [3.63, 3.8) is 0 Å². The van der Waals surface area contributed by atoms with E-state index < -0.39 is 54.2 Å². The Hall–Kier alpha value is -3.47. The predicted octanol–water partition coefficient (Wildman–Crippen LogP) is 0.927. The van der Waals surface area contributed by atoms with E-state index in [9.17, 15) is 28.2 Å². The molecule has 3 N–H and O–H groups in total. The Morgan fingerprint density at radius 2 is 1.91 bits per heavy atom. The zero-order valence-corrected chi connectivity index (χ0v) is 16.9. The fourth-order valence-electron chi connectivity index (χ4n) is 2.83. The lowest BCUT2D eigenvalue weighted by atomic mass is 9.95. The summed E-state index contributed by atoms with van der Waals surface area (Å²) in [6.07, 6.45) is -10.9. The average Bonchev–Trinajstić information content (AvgIpc) is 2.77. The minimum Gasteiger partial charge on any atom is -0.476 e. The fourth-order valence-corrected chi connectivity index (χ4v) is 2.83. The van der Waals surface area contributed by atoms with Crippen molar-refractivity contribution in [1.29, 1.82) is 0 Å². The maximum atomic E-state index is 12.9. The van der Waals surface area contributed by atoms with Gasteiger partial charge in [0.2, 0.25) is 11.8 Å². The number of carbonyl (C=O) groups is 1. The zero-order chi connectivity index (χ0) is 24.2. The molecule has 10 nitrogen and oxygen atoms in total. The van der Waals surface area contributed by atoms with Crippen LogP contribution in [0.5, 0.6) is 11.8 Å². The van der Waals surface area contributed by atoms with Gasteiger partial charge >= 0.3 is 12.1 Å². The molecule has 2 aromatic heterocycles. The molecule has 13 heteroatoms. The molecule has 0 radical (unpaired) electrons. The number of aromatic nitrogens is 3. The second-order valence-corrected chi connectivity index (χ2v) is 6.86. The summed E-state index contributed by atoms with van der Waals surface area (Å²) in [7, 11) is 0. The molecule has 1 saturated heterocycles. The van der Waals surface area contributed by atoms with E-state index in [1.165, 1.54) is 25.1 Å². The summed E-state index contributed by atoms with van der Waals surface area (Å²) in [5.74, 6) is 3.54. The van der Waals surface area contributed by atoms with Crippen molar-refractivity contribution < 1.29 is 47.5 Å². The molecule has 3 heterocycles. The lowest BCUT2D eigenvalue weighted by Gasteiger charge is -2.39. The molecular weight excluding hydrogens is 451 g/mol. The van der Waals surface area contributed by atoms with Crippen LogP contribution in [0, 0.1) is 11.8 Å². The molecule has 33 heavy (non-hydrogen) atoms. The van der Waals surface area contributed by atoms with Crippen LogP contribution in [0.4, 0.5) is 13.2 Å². The first-order chi connectivity index (χ1) is 15.6. The first-order valence-electron chi connectivity index (χ1n) is 9.47. The van der Waals surface area contributed by atoms with Gasteiger partial charge in [0, 0.05) is 12.1 Å². The van der Waals surface area contributed by atoms with Gasteiger partial charge in [-0.25, -0.2) is 9.78 Å². The number of aliphatic hydroxyl groups excluding tert-OH is 2. The summed E-state index contributed by atoms with van der Waals surface area (Å²) in [5, 5.41) is 36.3. The van der Waals surface area contributed by atoms with E-state index in [0.29, 0.717) is 0 Å². The van der Waals surface area contributed by atoms with Crippen LogP contribution in [0.3, 0.4) is 0 Å². The Balaban J connectivity index is 1.72. The third-order valence-electron chi connectivity index (χ3n) is 4.49. The van der Waals surface area contributed by atoms with E-state index in [-0.39, 0.29) is 18.2 Å². The predicted molar refractivity (Wildman–Crippen MR) is 102 cm³/mol. The van der Waals surface area contributed by atoms with Crippen molar-refractivity contribution in [3.05, 3.63) is 41.7 Å². The molecule has 0 amide bonds. The maximum Gasteiger partial charge on any atom is 0.433 e. The Morgan fingerprint density at radius 1 is 1.15 bits per heavy atom. The number of hydrogen-bond acceptors (Lipinski definition) is 9. The standard InChI is InChI=1S/C20H18F3N3O7/c1-10-16(27)17(28)18(33-14-6-2-5-13(24-14)20(21,22)23)12(32-10)4-3-9-31-15-8-7-11(19(29)30)25-26-15/h2,5-8,10,12,16-18,27-28H,9H2,1H3,(H,29,30)/t10-,12-,16+,17+,18+/m1/s1. The van der Waals surface area contributed by atoms with Gasteiger partial charge in [-0.15, -0.1) is 10.2 Å². The number of ether oxygens (including phenoxy) is 3. The van der Waals surface area contributed by atoms with Crippen LogP contribution in [0.2, 0.25) is 0 Å². The normalized spacial score (nSPS) is 25.0. The van der Waals surface area contributed by atoms with E-state index in [4.69, 9.17) is 19.3 Å². The van der Waals surface area contributed by atoms with Gasteiger partial charge in [-0.2, -0.15) is 13.2 Å². The monoisotopic (exact) mass is 469 g/mol. The third-order valence-corrected chi connectivity index (χ3v) is 4.49. The van der Waals surface area contributed by atoms with Crippen molar-refractivity contribution >= 4 is 5.97 Å². The van der Waals surface area contributed by atoms with Crippen LogP contribution >= 0.6 is 0 Å². The van der Waals surface area contributed by atoms with Crippen molar-refractivity contribution in [2.24, 2.45) is 0 Å². The Morgan fingerprint density at radius 3 is 2.55 bits per heavy atom. The number of alkyl halides is 3. The van der Waals surface area contributed by atoms with E-state index in [1.54, 1.807) is 0 Å². The van der Waals surface area contributed by atoms with Gasteiger partial charge in [0.15, 0.2) is 24.5 Å². The Bertz CT molecular complexity index is 1040. The quantitative estimate of drug-likeness (QED) is 0.541. The molecule has 1 fully saturated rings. The number of carboxylic acids is 1. The van der Waals surface area contributed by atoms with Crippen LogP contribution < -0.4 is 9.47 Å². The highest BCUT2D eigenvalue weighted by Crippen LogP contribution is 2.30. The molecule has 0 spiro atoms. The molecule has 0 unspecified atom stereocenters. The second kappa shape index (κ2) is 9.99. The molecule has 1 aliphatic rings. The van der Waals surface area contributed by atoms with Crippen LogP contribution in [0.25, 0.3) is 0 Å². The van der Waals surface area contributed by atoms with E-state index in [1.807, 2.05) is 0 Å². The number of pyridine rings is 1. The number of aromatic carboxylic acids is 1. The molecule has 0 aliphatic carbocycles. The van der Waals surface area contributed by atoms with E-state index in [0.717, 1.165) is 12.1 Å². The molecule has 5 atom stereocenters. The first-order valence-corrected chi connectivity index (χ1v) is 9.47. The summed E-state index contributed by atoms with van der Waals surface area (Å²) >= 11 is 0. The van der Waals surface area contributed by atoms with Crippen molar-refractivity contribution in [1.82, 2.24) is 15.2 Å². The molecule has 3 rings (SSSR count). The number of hydrogen-bond donors (Lipinski definition) is 3. The van der Waals surface area contributed by atoms with Gasteiger partial charge in [-0.3, -0.25) is 0 Å². The summed E-state index contributed by atoms with van der Waals surface area (Å²) in [4.78, 5) is 14.1. The minimum absolute atomic E-state index is 0.00338. The van der Waals surface area contributed by atoms with Crippen molar-refractivity contribution in [2.75, 3.05) is 6.61 Å². The molecule has 0 aromatic carbocycles. The highest BCUT2D eigenvalue weighted by molar-refractivity contribution is 5.84. The number of aliphatic hydroxyl groups is 2. The topological polar surface area (TPSA) is 144 Å². The SMILES string of the molecule is C[C@H]1O[C@H](C#CCOc2ccc(C(=O)O)nn2)[C@H](Oc2cccc(C(F)(F)F)n2)[C@@H](O)[C@H]1O. The van der Waals surface area contributed by atoms with E-state index >= 15 is 0 Å². The highest BCUT2D eigenvalue weighted by atomic mass is 19.4. The number of carboxylic acid groups (broad SMARTS) is 1. The van der Waals surface area contributed by atoms with Crippen molar-refractivity contribution in [3.8, 4) is 23.6 Å². The first kappa shape index (κ1) is 24.2. The van der Waals surface area contributed by atoms with Gasteiger partial charge < -0.3 is 29.5 Å². The summed E-state index contributed by atoms with van der Waals surface area (Å²) < 4.78 is 54.9. The third kappa shape index (κ3) is 6.07. The lowest BCUT2D eigenvalue weighted by Crippen LogP contribution is -2.58. The van der Waals surface area contributed by atoms with E-state index in [2.05, 4.69) is 27.0 Å². The van der Waals surface area contributed by atoms with Gasteiger partial charge in [-0.1, -0.05) is 17.9 Å². The molecule has 1 aliphatic heterocycles. The van der Waals surface area contributed by atoms with Gasteiger partial charge in [-0.05, 0) is 19.1 Å². The van der Waals surface area contributed by atoms with Crippen LogP contribution in [0.1, 0.15) is 23.1 Å². The Kier molecular flexibility index (Phi) is 7.32. The maximum absolute atomic E-state index is 12.9. The average molecular weight is 469 g/mol. The molecule has 176 valence electrons.